The fourth-order valence-corrected chi connectivity index (χ4v) is 4.68. The molecular weight excluding hydrogens is 490 g/mol. The molecule has 1 aromatic rings. The van der Waals surface area contributed by atoms with E-state index in [4.69, 9.17) is 9.47 Å². The van der Waals surface area contributed by atoms with Gasteiger partial charge in [-0.1, -0.05) is 51.1 Å². The molecule has 2 aliphatic rings. The summed E-state index contributed by atoms with van der Waals surface area (Å²) in [4.78, 5) is 51.5. The monoisotopic (exact) mass is 529 g/mol. The molecule has 3 unspecified atom stereocenters. The van der Waals surface area contributed by atoms with Gasteiger partial charge in [-0.3, -0.25) is 14.4 Å². The molecule has 1 saturated heterocycles. The van der Waals surface area contributed by atoms with Gasteiger partial charge in [0, 0.05) is 18.9 Å². The van der Waals surface area contributed by atoms with Gasteiger partial charge in [0.15, 0.2) is 0 Å². The quantitative estimate of drug-likeness (QED) is 0.334. The second-order valence-electron chi connectivity index (χ2n) is 10.9. The van der Waals surface area contributed by atoms with E-state index in [2.05, 4.69) is 16.0 Å². The number of epoxide rings is 1. The van der Waals surface area contributed by atoms with E-state index in [1.54, 1.807) is 19.9 Å². The third-order valence-corrected chi connectivity index (χ3v) is 7.35. The summed E-state index contributed by atoms with van der Waals surface area (Å²) in [5.74, 6) is -2.69. The smallest absolute Gasteiger partial charge is 0.332 e. The van der Waals surface area contributed by atoms with Crippen molar-refractivity contribution in [2.75, 3.05) is 19.7 Å². The van der Waals surface area contributed by atoms with E-state index in [0.717, 1.165) is 11.1 Å². The van der Waals surface area contributed by atoms with Gasteiger partial charge in [0.2, 0.25) is 17.7 Å². The summed E-state index contributed by atoms with van der Waals surface area (Å²) in [6, 6.07) is 7.41. The van der Waals surface area contributed by atoms with Crippen molar-refractivity contribution in [2.45, 2.75) is 65.4 Å². The van der Waals surface area contributed by atoms with Crippen molar-refractivity contribution in [1.82, 2.24) is 16.0 Å². The highest BCUT2D eigenvalue weighted by molar-refractivity contribution is 5.93. The van der Waals surface area contributed by atoms with E-state index >= 15 is 0 Å². The van der Waals surface area contributed by atoms with Gasteiger partial charge in [-0.15, -0.1) is 0 Å². The van der Waals surface area contributed by atoms with Crippen molar-refractivity contribution in [3.63, 3.8) is 0 Å². The molecule has 38 heavy (non-hydrogen) atoms. The number of cyclic esters (lactones) is 1. The van der Waals surface area contributed by atoms with Crippen LogP contribution in [0.2, 0.25) is 0 Å². The minimum Gasteiger partial charge on any atom is -0.464 e. The number of nitrogens with one attached hydrogen (secondary N) is 3. The van der Waals surface area contributed by atoms with Crippen LogP contribution in [0, 0.1) is 17.3 Å². The summed E-state index contributed by atoms with van der Waals surface area (Å²) < 4.78 is 11.7. The molecule has 0 aromatic heterocycles. The molecule has 3 amide bonds. The lowest BCUT2D eigenvalue weighted by atomic mass is 9.72. The Labute approximate surface area is 223 Å². The zero-order valence-corrected chi connectivity index (χ0v) is 22.7. The van der Waals surface area contributed by atoms with Crippen LogP contribution in [0.1, 0.15) is 58.3 Å². The molecule has 0 saturated carbocycles. The standard InChI is InChI=1S/C28H39N3O7/c1-17(2)28(18(3)23-24(38-23)20-11-9-19(15-32)10-12-20)26(36)37-13-7-6-8-21(33)29-14-22(34)30-16-27(4,5)25(35)31-28/h6,8-12,17-18,23-24,32H,7,13-16H2,1-5H3,(H,29,33)(H,30,34)(H,31,35)/b8-6-/t18-,23?,24?,28?/m1/s1. The Bertz CT molecular complexity index is 1070. The molecule has 0 aliphatic carbocycles. The third kappa shape index (κ3) is 6.60. The van der Waals surface area contributed by atoms with Gasteiger partial charge in [-0.2, -0.15) is 0 Å². The van der Waals surface area contributed by atoms with Crippen LogP contribution in [0.3, 0.4) is 0 Å². The summed E-state index contributed by atoms with van der Waals surface area (Å²) in [5, 5.41) is 17.5. The lowest BCUT2D eigenvalue weighted by Gasteiger charge is -2.42. The van der Waals surface area contributed by atoms with E-state index in [1.807, 2.05) is 45.0 Å². The maximum Gasteiger partial charge on any atom is 0.332 e. The zero-order valence-electron chi connectivity index (χ0n) is 22.7. The van der Waals surface area contributed by atoms with Gasteiger partial charge < -0.3 is 30.5 Å². The number of ether oxygens (including phenoxy) is 2. The Kier molecular flexibility index (Phi) is 9.32. The number of carbonyl (C=O) groups is 4. The van der Waals surface area contributed by atoms with Crippen molar-refractivity contribution in [3.05, 3.63) is 47.5 Å². The Morgan fingerprint density at radius 1 is 1.05 bits per heavy atom. The minimum atomic E-state index is -1.42. The Hall–Kier alpha value is -3.24. The Morgan fingerprint density at radius 2 is 1.74 bits per heavy atom. The van der Waals surface area contributed by atoms with Crippen LogP contribution in [0.25, 0.3) is 0 Å². The molecular formula is C28H39N3O7. The minimum absolute atomic E-state index is 0.000734. The highest BCUT2D eigenvalue weighted by Crippen LogP contribution is 2.48. The number of esters is 1. The first-order valence-electron chi connectivity index (χ1n) is 13.0. The maximum atomic E-state index is 13.8. The van der Waals surface area contributed by atoms with Gasteiger partial charge in [0.1, 0.15) is 11.6 Å². The number of hydrogen-bond acceptors (Lipinski definition) is 7. The van der Waals surface area contributed by atoms with Crippen molar-refractivity contribution in [2.24, 2.45) is 17.3 Å². The van der Waals surface area contributed by atoms with Crippen LogP contribution in [0.4, 0.5) is 0 Å². The summed E-state index contributed by atoms with van der Waals surface area (Å²) in [6.07, 6.45) is 2.51. The number of amides is 3. The van der Waals surface area contributed by atoms with E-state index in [1.165, 1.54) is 6.08 Å². The van der Waals surface area contributed by atoms with E-state index in [9.17, 15) is 24.3 Å². The molecule has 2 aliphatic heterocycles. The van der Waals surface area contributed by atoms with Gasteiger partial charge in [-0.25, -0.2) is 4.79 Å². The van der Waals surface area contributed by atoms with Crippen molar-refractivity contribution in [1.29, 1.82) is 0 Å². The fourth-order valence-electron chi connectivity index (χ4n) is 4.68. The predicted octanol–water partition coefficient (Wildman–Crippen LogP) is 1.53. The zero-order chi connectivity index (χ0) is 28.1. The number of aliphatic hydroxyl groups is 1. The first-order valence-corrected chi connectivity index (χ1v) is 13.0. The van der Waals surface area contributed by atoms with Crippen molar-refractivity contribution >= 4 is 23.7 Å². The summed E-state index contributed by atoms with van der Waals surface area (Å²) >= 11 is 0. The predicted molar refractivity (Wildman–Crippen MR) is 139 cm³/mol. The number of rotatable bonds is 5. The fraction of sp³-hybridized carbons (Fsp3) is 0.571. The van der Waals surface area contributed by atoms with Crippen LogP contribution in [-0.4, -0.2) is 60.1 Å². The van der Waals surface area contributed by atoms with Crippen LogP contribution in [0.5, 0.6) is 0 Å². The average Bonchev–Trinajstić information content (AvgIpc) is 3.68. The van der Waals surface area contributed by atoms with Crippen LogP contribution in [-0.2, 0) is 35.3 Å². The molecule has 0 bridgehead atoms. The lowest BCUT2D eigenvalue weighted by Crippen LogP contribution is -2.66. The Balaban J connectivity index is 1.92. The SMILES string of the molecule is CC(C)C1([C@H](C)C2OC2c2ccc(CO)cc2)NC(=O)C(C)(C)CNC(=O)CNC(=O)/C=C\CCOC1=O. The van der Waals surface area contributed by atoms with Crippen LogP contribution >= 0.6 is 0 Å². The first kappa shape index (κ1) is 29.3. The summed E-state index contributed by atoms with van der Waals surface area (Å²) in [5.41, 5.74) is -0.786. The molecule has 10 nitrogen and oxygen atoms in total. The summed E-state index contributed by atoms with van der Waals surface area (Å²) in [7, 11) is 0. The largest absolute Gasteiger partial charge is 0.464 e. The van der Waals surface area contributed by atoms with Gasteiger partial charge in [0.25, 0.3) is 0 Å². The van der Waals surface area contributed by atoms with Gasteiger partial charge >= 0.3 is 5.97 Å². The molecule has 3 rings (SSSR count). The second-order valence-corrected chi connectivity index (χ2v) is 10.9. The third-order valence-electron chi connectivity index (χ3n) is 7.35. The maximum absolute atomic E-state index is 13.8. The lowest BCUT2D eigenvalue weighted by molar-refractivity contribution is -0.161. The number of hydrogen-bond donors (Lipinski definition) is 4. The molecule has 0 spiro atoms. The van der Waals surface area contributed by atoms with E-state index in [0.29, 0.717) is 0 Å². The van der Waals surface area contributed by atoms with Crippen LogP contribution in [0.15, 0.2) is 36.4 Å². The van der Waals surface area contributed by atoms with E-state index < -0.39 is 40.6 Å². The van der Waals surface area contributed by atoms with Crippen LogP contribution < -0.4 is 16.0 Å². The summed E-state index contributed by atoms with van der Waals surface area (Å²) in [6.45, 7) is 8.65. The number of benzene rings is 1. The van der Waals surface area contributed by atoms with E-state index in [-0.39, 0.29) is 50.8 Å². The van der Waals surface area contributed by atoms with Crippen molar-refractivity contribution < 1.29 is 33.8 Å². The molecule has 1 fully saturated rings. The second kappa shape index (κ2) is 12.1. The molecule has 4 N–H and O–H groups in total. The molecule has 10 heteroatoms. The average molecular weight is 530 g/mol. The number of carbonyl (C=O) groups excluding carboxylic acids is 4. The van der Waals surface area contributed by atoms with Crippen molar-refractivity contribution in [3.8, 4) is 0 Å². The first-order chi connectivity index (χ1) is 17.9. The molecule has 4 atom stereocenters. The molecule has 2 heterocycles. The molecule has 0 radical (unpaired) electrons. The normalized spacial score (nSPS) is 28.5. The molecule has 1 aromatic carbocycles. The van der Waals surface area contributed by atoms with Gasteiger partial charge in [-0.05, 0) is 37.0 Å². The Morgan fingerprint density at radius 3 is 2.37 bits per heavy atom. The number of aliphatic hydroxyl groups excluding tert-OH is 1. The van der Waals surface area contributed by atoms with Gasteiger partial charge in [0.05, 0.1) is 31.3 Å². The highest BCUT2D eigenvalue weighted by Gasteiger charge is 2.59. The topological polar surface area (TPSA) is 146 Å². The molecule has 208 valence electrons. The highest BCUT2D eigenvalue weighted by atomic mass is 16.6.